The van der Waals surface area contributed by atoms with E-state index in [1.54, 1.807) is 25.3 Å². The van der Waals surface area contributed by atoms with Crippen LogP contribution in [0.25, 0.3) is 6.08 Å². The van der Waals surface area contributed by atoms with Crippen LogP contribution in [0.5, 0.6) is 11.5 Å². The van der Waals surface area contributed by atoms with E-state index in [9.17, 15) is 4.79 Å². The lowest BCUT2D eigenvalue weighted by Crippen LogP contribution is -2.06. The third-order valence-corrected chi connectivity index (χ3v) is 1.97. The molecule has 0 atom stereocenters. The Morgan fingerprint density at radius 2 is 2.06 bits per heavy atom. The van der Waals surface area contributed by atoms with E-state index in [0.717, 1.165) is 11.6 Å². The second-order valence-electron chi connectivity index (χ2n) is 3.75. The Bertz CT molecular complexity index is 421. The summed E-state index contributed by atoms with van der Waals surface area (Å²) in [6.07, 6.45) is 2.64. The number of hydrogen-bond donors (Lipinski definition) is 1. The molecule has 0 amide bonds. The van der Waals surface area contributed by atoms with Crippen molar-refractivity contribution < 1.29 is 19.4 Å². The van der Waals surface area contributed by atoms with E-state index < -0.39 is 5.97 Å². The van der Waals surface area contributed by atoms with Crippen molar-refractivity contribution in [1.29, 1.82) is 0 Å². The number of rotatable bonds is 5. The second-order valence-corrected chi connectivity index (χ2v) is 3.75. The van der Waals surface area contributed by atoms with E-state index in [0.29, 0.717) is 11.5 Å². The van der Waals surface area contributed by atoms with Crippen molar-refractivity contribution in [3.63, 3.8) is 0 Å². The molecule has 1 N–H and O–H groups in total. The van der Waals surface area contributed by atoms with Gasteiger partial charge in [-0.15, -0.1) is 0 Å². The SMILES string of the molecule is COc1cc(/C=C/C(=O)O)ccc1OC(C)C. The minimum Gasteiger partial charge on any atom is -0.493 e. The van der Waals surface area contributed by atoms with Gasteiger partial charge < -0.3 is 14.6 Å². The average Bonchev–Trinajstić information content (AvgIpc) is 2.26. The van der Waals surface area contributed by atoms with Gasteiger partial charge in [0.25, 0.3) is 0 Å². The van der Waals surface area contributed by atoms with Gasteiger partial charge in [-0.2, -0.15) is 0 Å². The fourth-order valence-electron chi connectivity index (χ4n) is 1.31. The van der Waals surface area contributed by atoms with Crippen molar-refractivity contribution in [2.75, 3.05) is 7.11 Å². The van der Waals surface area contributed by atoms with Crippen molar-refractivity contribution in [2.45, 2.75) is 20.0 Å². The summed E-state index contributed by atoms with van der Waals surface area (Å²) in [5.74, 6) is 0.257. The monoisotopic (exact) mass is 236 g/mol. The van der Waals surface area contributed by atoms with Gasteiger partial charge in [0.1, 0.15) is 0 Å². The predicted molar refractivity (Wildman–Crippen MR) is 65.4 cm³/mol. The molecule has 0 unspecified atom stereocenters. The molecule has 4 nitrogen and oxygen atoms in total. The molecule has 0 aromatic heterocycles. The van der Waals surface area contributed by atoms with E-state index in [-0.39, 0.29) is 6.10 Å². The molecule has 0 bridgehead atoms. The first-order valence-electron chi connectivity index (χ1n) is 5.28. The molecule has 0 aliphatic heterocycles. The molecule has 0 aliphatic carbocycles. The molecule has 0 saturated heterocycles. The van der Waals surface area contributed by atoms with Crippen LogP contribution >= 0.6 is 0 Å². The van der Waals surface area contributed by atoms with E-state index in [1.165, 1.54) is 6.08 Å². The summed E-state index contributed by atoms with van der Waals surface area (Å²) in [5.41, 5.74) is 0.750. The van der Waals surface area contributed by atoms with Crippen molar-refractivity contribution in [2.24, 2.45) is 0 Å². The van der Waals surface area contributed by atoms with Crippen LogP contribution in [0.2, 0.25) is 0 Å². The number of carboxylic acids is 1. The van der Waals surface area contributed by atoms with Gasteiger partial charge >= 0.3 is 5.97 Å². The predicted octanol–water partition coefficient (Wildman–Crippen LogP) is 2.58. The number of aliphatic carboxylic acids is 1. The first-order chi connectivity index (χ1) is 8.02. The van der Waals surface area contributed by atoms with Gasteiger partial charge in [-0.3, -0.25) is 0 Å². The molecule has 0 heterocycles. The quantitative estimate of drug-likeness (QED) is 0.798. The highest BCUT2D eigenvalue weighted by molar-refractivity contribution is 5.85. The minimum absolute atomic E-state index is 0.0595. The molecular formula is C13H16O4. The minimum atomic E-state index is -0.980. The third kappa shape index (κ3) is 4.18. The molecule has 0 fully saturated rings. The van der Waals surface area contributed by atoms with Crippen LogP contribution in [0.1, 0.15) is 19.4 Å². The zero-order valence-corrected chi connectivity index (χ0v) is 10.1. The molecule has 0 saturated carbocycles. The summed E-state index contributed by atoms with van der Waals surface area (Å²) in [6.45, 7) is 3.86. The van der Waals surface area contributed by atoms with Crippen molar-refractivity contribution in [3.05, 3.63) is 29.8 Å². The lowest BCUT2D eigenvalue weighted by atomic mass is 10.2. The molecule has 17 heavy (non-hydrogen) atoms. The number of ether oxygens (including phenoxy) is 2. The summed E-state index contributed by atoms with van der Waals surface area (Å²) in [6, 6.07) is 5.27. The molecule has 92 valence electrons. The maximum atomic E-state index is 10.4. The summed E-state index contributed by atoms with van der Waals surface area (Å²) in [5, 5.41) is 8.53. The maximum absolute atomic E-state index is 10.4. The number of methoxy groups -OCH3 is 1. The Morgan fingerprint density at radius 1 is 1.35 bits per heavy atom. The fourth-order valence-corrected chi connectivity index (χ4v) is 1.31. The molecule has 4 heteroatoms. The van der Waals surface area contributed by atoms with Crippen LogP contribution in [0.3, 0.4) is 0 Å². The van der Waals surface area contributed by atoms with Gasteiger partial charge in [0.2, 0.25) is 0 Å². The summed E-state index contributed by atoms with van der Waals surface area (Å²) >= 11 is 0. The van der Waals surface area contributed by atoms with Gasteiger partial charge in [0.05, 0.1) is 13.2 Å². The lowest BCUT2D eigenvalue weighted by Gasteiger charge is -2.13. The van der Waals surface area contributed by atoms with Crippen LogP contribution in [0.4, 0.5) is 0 Å². The van der Waals surface area contributed by atoms with Crippen LogP contribution in [-0.4, -0.2) is 24.3 Å². The Hall–Kier alpha value is -1.97. The smallest absolute Gasteiger partial charge is 0.328 e. The van der Waals surface area contributed by atoms with E-state index in [1.807, 2.05) is 13.8 Å². The maximum Gasteiger partial charge on any atom is 0.328 e. The molecule has 0 spiro atoms. The highest BCUT2D eigenvalue weighted by Crippen LogP contribution is 2.29. The highest BCUT2D eigenvalue weighted by Gasteiger charge is 2.06. The Morgan fingerprint density at radius 3 is 2.59 bits per heavy atom. The standard InChI is InChI=1S/C13H16O4/c1-9(2)17-11-6-4-10(5-7-13(14)15)8-12(11)16-3/h4-9H,1-3H3,(H,14,15)/b7-5+. The third-order valence-electron chi connectivity index (χ3n) is 1.97. The Kier molecular flexibility index (Phi) is 4.57. The summed E-state index contributed by atoms with van der Waals surface area (Å²) in [7, 11) is 1.55. The molecule has 0 aliphatic rings. The van der Waals surface area contributed by atoms with Crippen LogP contribution in [-0.2, 0) is 4.79 Å². The van der Waals surface area contributed by atoms with E-state index >= 15 is 0 Å². The molecule has 1 rings (SSSR count). The van der Waals surface area contributed by atoms with Crippen LogP contribution in [0.15, 0.2) is 24.3 Å². The fraction of sp³-hybridized carbons (Fsp3) is 0.308. The largest absolute Gasteiger partial charge is 0.493 e. The first-order valence-corrected chi connectivity index (χ1v) is 5.28. The molecule has 1 aromatic rings. The van der Waals surface area contributed by atoms with Crippen LogP contribution in [0, 0.1) is 0 Å². The van der Waals surface area contributed by atoms with Crippen molar-refractivity contribution >= 4 is 12.0 Å². The Balaban J connectivity index is 2.95. The zero-order valence-electron chi connectivity index (χ0n) is 10.1. The first kappa shape index (κ1) is 13.1. The zero-order chi connectivity index (χ0) is 12.8. The number of benzene rings is 1. The van der Waals surface area contributed by atoms with Gasteiger partial charge in [-0.25, -0.2) is 4.79 Å². The van der Waals surface area contributed by atoms with E-state index in [2.05, 4.69) is 0 Å². The number of carboxylic acid groups (broad SMARTS) is 1. The molecule has 1 aromatic carbocycles. The van der Waals surface area contributed by atoms with Gasteiger partial charge in [-0.1, -0.05) is 6.07 Å². The lowest BCUT2D eigenvalue weighted by molar-refractivity contribution is -0.131. The number of carbonyl (C=O) groups is 1. The normalized spacial score (nSPS) is 10.8. The van der Waals surface area contributed by atoms with E-state index in [4.69, 9.17) is 14.6 Å². The summed E-state index contributed by atoms with van der Waals surface area (Å²) < 4.78 is 10.7. The summed E-state index contributed by atoms with van der Waals surface area (Å²) in [4.78, 5) is 10.4. The second kappa shape index (κ2) is 5.94. The Labute approximate surface area is 100 Å². The average molecular weight is 236 g/mol. The molecular weight excluding hydrogens is 220 g/mol. The molecule has 0 radical (unpaired) electrons. The van der Waals surface area contributed by atoms with Crippen molar-refractivity contribution in [3.8, 4) is 11.5 Å². The van der Waals surface area contributed by atoms with Gasteiger partial charge in [0.15, 0.2) is 11.5 Å². The van der Waals surface area contributed by atoms with Crippen LogP contribution < -0.4 is 9.47 Å². The number of hydrogen-bond acceptors (Lipinski definition) is 3. The van der Waals surface area contributed by atoms with Crippen molar-refractivity contribution in [1.82, 2.24) is 0 Å². The van der Waals surface area contributed by atoms with Gasteiger partial charge in [-0.05, 0) is 37.6 Å². The highest BCUT2D eigenvalue weighted by atomic mass is 16.5. The van der Waals surface area contributed by atoms with Gasteiger partial charge in [0, 0.05) is 6.08 Å². The topological polar surface area (TPSA) is 55.8 Å².